The van der Waals surface area contributed by atoms with Crippen molar-refractivity contribution < 1.29 is 0 Å². The number of nitrogens with one attached hydrogen (secondary N) is 1. The molecule has 1 fully saturated rings. The Labute approximate surface area is 116 Å². The number of rotatable bonds is 5. The van der Waals surface area contributed by atoms with E-state index < -0.39 is 0 Å². The highest BCUT2D eigenvalue weighted by atomic mass is 15.1. The molecule has 1 aliphatic rings. The molecule has 1 aromatic rings. The Hall–Kier alpha value is -1.16. The highest BCUT2D eigenvalue weighted by Crippen LogP contribution is 2.25. The molecule has 0 amide bonds. The molecule has 2 atom stereocenters. The molecule has 0 bridgehead atoms. The third-order valence-corrected chi connectivity index (χ3v) is 4.08. The zero-order chi connectivity index (χ0) is 13.7. The van der Waals surface area contributed by atoms with E-state index in [0.717, 1.165) is 36.7 Å². The summed E-state index contributed by atoms with van der Waals surface area (Å²) >= 11 is 0. The number of hydrogen-bond donors (Lipinski definition) is 2. The maximum Gasteiger partial charge on any atom is 0.223 e. The normalized spacial score (nSPS) is 23.3. The lowest BCUT2D eigenvalue weighted by Crippen LogP contribution is -2.37. The molecule has 3 N–H and O–H groups in total. The van der Waals surface area contributed by atoms with E-state index in [2.05, 4.69) is 35.2 Å². The van der Waals surface area contributed by atoms with Gasteiger partial charge in [0.1, 0.15) is 0 Å². The van der Waals surface area contributed by atoms with Gasteiger partial charge in [-0.05, 0) is 44.2 Å². The summed E-state index contributed by atoms with van der Waals surface area (Å²) in [7, 11) is 0. The Balaban J connectivity index is 2.12. The Morgan fingerprint density at radius 2 is 1.79 bits per heavy atom. The lowest BCUT2D eigenvalue weighted by atomic mass is 9.84. The van der Waals surface area contributed by atoms with Crippen molar-refractivity contribution in [1.82, 2.24) is 9.97 Å². The molecule has 0 saturated heterocycles. The first kappa shape index (κ1) is 14.3. The van der Waals surface area contributed by atoms with Gasteiger partial charge in [-0.15, -0.1) is 0 Å². The highest BCUT2D eigenvalue weighted by Gasteiger charge is 2.24. The van der Waals surface area contributed by atoms with Gasteiger partial charge >= 0.3 is 0 Å². The van der Waals surface area contributed by atoms with Crippen LogP contribution in [-0.4, -0.2) is 22.6 Å². The first-order valence-corrected chi connectivity index (χ1v) is 7.60. The van der Waals surface area contributed by atoms with Crippen LogP contribution in [0, 0.1) is 5.92 Å². The number of aromatic nitrogens is 2. The third-order valence-electron chi connectivity index (χ3n) is 4.08. The van der Waals surface area contributed by atoms with Gasteiger partial charge in [0, 0.05) is 17.4 Å². The molecular formula is C15H26N4. The summed E-state index contributed by atoms with van der Waals surface area (Å²) in [5.41, 5.74) is 8.12. The number of nitrogens with zero attached hydrogens (tertiary/aromatic N) is 2. The second-order valence-corrected chi connectivity index (χ2v) is 5.41. The third kappa shape index (κ3) is 3.66. The van der Waals surface area contributed by atoms with Crippen molar-refractivity contribution in [2.45, 2.75) is 58.4 Å². The lowest BCUT2D eigenvalue weighted by molar-refractivity contribution is 0.331. The maximum absolute atomic E-state index is 5.88. The molecule has 4 heteroatoms. The first-order chi connectivity index (χ1) is 9.26. The van der Waals surface area contributed by atoms with E-state index in [1.165, 1.54) is 25.7 Å². The van der Waals surface area contributed by atoms with E-state index in [9.17, 15) is 0 Å². The molecule has 4 nitrogen and oxygen atoms in total. The summed E-state index contributed by atoms with van der Waals surface area (Å²) in [6, 6.07) is 2.54. The smallest absolute Gasteiger partial charge is 0.223 e. The van der Waals surface area contributed by atoms with Crippen LogP contribution in [0.3, 0.4) is 0 Å². The van der Waals surface area contributed by atoms with Crippen LogP contribution in [0.2, 0.25) is 0 Å². The van der Waals surface area contributed by atoms with Crippen LogP contribution >= 0.6 is 0 Å². The number of nitrogens with two attached hydrogens (primary N) is 1. The monoisotopic (exact) mass is 262 g/mol. The fourth-order valence-electron chi connectivity index (χ4n) is 2.83. The average molecular weight is 262 g/mol. The van der Waals surface area contributed by atoms with Gasteiger partial charge < -0.3 is 11.1 Å². The van der Waals surface area contributed by atoms with Gasteiger partial charge in [-0.1, -0.05) is 26.7 Å². The first-order valence-electron chi connectivity index (χ1n) is 7.60. The van der Waals surface area contributed by atoms with E-state index in [1.807, 2.05) is 0 Å². The van der Waals surface area contributed by atoms with Gasteiger partial charge in [-0.2, -0.15) is 0 Å². The molecule has 2 rings (SSSR count). The minimum absolute atomic E-state index is 0.440. The predicted octanol–water partition coefficient (Wildman–Crippen LogP) is 2.53. The second-order valence-electron chi connectivity index (χ2n) is 5.41. The van der Waals surface area contributed by atoms with Crippen LogP contribution in [-0.2, 0) is 12.8 Å². The Bertz CT molecular complexity index is 383. The Morgan fingerprint density at radius 1 is 1.16 bits per heavy atom. The minimum Gasteiger partial charge on any atom is -0.351 e. The number of anilines is 1. The predicted molar refractivity (Wildman–Crippen MR) is 79.2 cm³/mol. The minimum atomic E-state index is 0.440. The highest BCUT2D eigenvalue weighted by molar-refractivity contribution is 5.30. The van der Waals surface area contributed by atoms with Crippen molar-refractivity contribution in [2.75, 3.05) is 11.9 Å². The standard InChI is InChI=1S/C15H26N4/c1-3-12-9-13(4-2)18-15(17-12)19-14-8-6-5-7-11(14)10-16/h9,11,14H,3-8,10,16H2,1-2H3,(H,17,18,19). The molecule has 106 valence electrons. The molecular weight excluding hydrogens is 236 g/mol. The quantitative estimate of drug-likeness (QED) is 0.856. The SMILES string of the molecule is CCc1cc(CC)nc(NC2CCCCC2CN)n1. The zero-order valence-electron chi connectivity index (χ0n) is 12.2. The molecule has 1 aromatic heterocycles. The number of hydrogen-bond acceptors (Lipinski definition) is 4. The Kier molecular flexibility index (Phi) is 5.14. The van der Waals surface area contributed by atoms with E-state index in [4.69, 9.17) is 5.73 Å². The van der Waals surface area contributed by atoms with Gasteiger partial charge in [0.2, 0.25) is 5.95 Å². The molecule has 19 heavy (non-hydrogen) atoms. The van der Waals surface area contributed by atoms with Gasteiger partial charge in [0.25, 0.3) is 0 Å². The molecule has 0 aliphatic heterocycles. The fraction of sp³-hybridized carbons (Fsp3) is 0.733. The fourth-order valence-corrected chi connectivity index (χ4v) is 2.83. The molecule has 1 saturated carbocycles. The maximum atomic E-state index is 5.88. The molecule has 1 heterocycles. The largest absolute Gasteiger partial charge is 0.351 e. The van der Waals surface area contributed by atoms with Crippen LogP contribution < -0.4 is 11.1 Å². The summed E-state index contributed by atoms with van der Waals surface area (Å²) in [4.78, 5) is 9.20. The molecule has 0 radical (unpaired) electrons. The van der Waals surface area contributed by atoms with Gasteiger partial charge in [0.05, 0.1) is 0 Å². The van der Waals surface area contributed by atoms with E-state index in [0.29, 0.717) is 12.0 Å². The van der Waals surface area contributed by atoms with Crippen LogP contribution in [0.5, 0.6) is 0 Å². The number of aryl methyl sites for hydroxylation is 2. The molecule has 1 aliphatic carbocycles. The van der Waals surface area contributed by atoms with Crippen LogP contribution in [0.1, 0.15) is 50.9 Å². The van der Waals surface area contributed by atoms with Gasteiger partial charge in [-0.3, -0.25) is 0 Å². The summed E-state index contributed by atoms with van der Waals surface area (Å²) in [6.07, 6.45) is 6.90. The van der Waals surface area contributed by atoms with Crippen LogP contribution in [0.15, 0.2) is 6.07 Å². The van der Waals surface area contributed by atoms with E-state index in [1.54, 1.807) is 0 Å². The Morgan fingerprint density at radius 3 is 2.37 bits per heavy atom. The van der Waals surface area contributed by atoms with Crippen molar-refractivity contribution >= 4 is 5.95 Å². The lowest BCUT2D eigenvalue weighted by Gasteiger charge is -2.31. The van der Waals surface area contributed by atoms with Crippen molar-refractivity contribution in [3.63, 3.8) is 0 Å². The summed E-state index contributed by atoms with van der Waals surface area (Å²) in [6.45, 7) is 5.02. The van der Waals surface area contributed by atoms with Crippen molar-refractivity contribution in [3.05, 3.63) is 17.5 Å². The topological polar surface area (TPSA) is 63.8 Å². The van der Waals surface area contributed by atoms with Crippen molar-refractivity contribution in [2.24, 2.45) is 11.7 Å². The average Bonchev–Trinajstić information content (AvgIpc) is 2.47. The second kappa shape index (κ2) is 6.85. The molecule has 0 aromatic carbocycles. The van der Waals surface area contributed by atoms with Crippen LogP contribution in [0.4, 0.5) is 5.95 Å². The van der Waals surface area contributed by atoms with Gasteiger partial charge in [0.15, 0.2) is 0 Å². The van der Waals surface area contributed by atoms with Crippen molar-refractivity contribution in [3.8, 4) is 0 Å². The summed E-state index contributed by atoms with van der Waals surface area (Å²) in [5, 5.41) is 3.53. The molecule has 0 spiro atoms. The van der Waals surface area contributed by atoms with E-state index in [-0.39, 0.29) is 0 Å². The van der Waals surface area contributed by atoms with E-state index >= 15 is 0 Å². The summed E-state index contributed by atoms with van der Waals surface area (Å²) in [5.74, 6) is 1.36. The van der Waals surface area contributed by atoms with Gasteiger partial charge in [-0.25, -0.2) is 9.97 Å². The van der Waals surface area contributed by atoms with Crippen molar-refractivity contribution in [1.29, 1.82) is 0 Å². The molecule has 2 unspecified atom stereocenters. The zero-order valence-corrected chi connectivity index (χ0v) is 12.2. The summed E-state index contributed by atoms with van der Waals surface area (Å²) < 4.78 is 0. The van der Waals surface area contributed by atoms with Crippen LogP contribution in [0.25, 0.3) is 0 Å².